The molecule has 1 rings (SSSR count). The fraction of sp³-hybridized carbons (Fsp3) is 1.00. The van der Waals surface area contributed by atoms with Crippen molar-refractivity contribution in [3.8, 4) is 0 Å². The molecule has 4 unspecified atom stereocenters. The number of hydrogen-bond donors (Lipinski definition) is 5. The van der Waals surface area contributed by atoms with Gasteiger partial charge in [-0.15, -0.1) is 0 Å². The molecular formula is C14H31N3O3. The SMILES string of the molecule is CC(C)C(O)(NC1CCCCN1C)C(O)C(C)(N)CO. The van der Waals surface area contributed by atoms with E-state index in [2.05, 4.69) is 10.2 Å². The first kappa shape index (κ1) is 17.8. The molecule has 0 aliphatic carbocycles. The number of hydrogen-bond acceptors (Lipinski definition) is 6. The van der Waals surface area contributed by atoms with Crippen LogP contribution >= 0.6 is 0 Å². The van der Waals surface area contributed by atoms with Crippen LogP contribution in [0.2, 0.25) is 0 Å². The van der Waals surface area contributed by atoms with Crippen molar-refractivity contribution in [1.82, 2.24) is 10.2 Å². The average Bonchev–Trinajstić information content (AvgIpc) is 2.40. The van der Waals surface area contributed by atoms with Crippen LogP contribution in [0.3, 0.4) is 0 Å². The first-order chi connectivity index (χ1) is 9.15. The van der Waals surface area contributed by atoms with Gasteiger partial charge in [0.2, 0.25) is 0 Å². The van der Waals surface area contributed by atoms with Gasteiger partial charge in [-0.2, -0.15) is 0 Å². The maximum Gasteiger partial charge on any atom is 0.147 e. The molecule has 0 saturated carbocycles. The Labute approximate surface area is 122 Å². The Hall–Kier alpha value is -0.240. The molecule has 0 radical (unpaired) electrons. The van der Waals surface area contributed by atoms with Gasteiger partial charge in [0.15, 0.2) is 0 Å². The molecule has 6 N–H and O–H groups in total. The van der Waals surface area contributed by atoms with Crippen molar-refractivity contribution in [3.63, 3.8) is 0 Å². The first-order valence-corrected chi connectivity index (χ1v) is 7.43. The van der Waals surface area contributed by atoms with Crippen molar-refractivity contribution in [2.45, 2.75) is 63.6 Å². The van der Waals surface area contributed by atoms with Crippen molar-refractivity contribution < 1.29 is 15.3 Å². The number of nitrogens with one attached hydrogen (secondary N) is 1. The lowest BCUT2D eigenvalue weighted by Crippen LogP contribution is -2.72. The van der Waals surface area contributed by atoms with Crippen LogP contribution < -0.4 is 11.1 Å². The minimum Gasteiger partial charge on any atom is -0.394 e. The zero-order valence-corrected chi connectivity index (χ0v) is 13.1. The largest absolute Gasteiger partial charge is 0.394 e. The quantitative estimate of drug-likeness (QED) is 0.420. The normalized spacial score (nSPS) is 28.9. The summed E-state index contributed by atoms with van der Waals surface area (Å²) in [5.41, 5.74) is 3.11. The van der Waals surface area contributed by atoms with Crippen molar-refractivity contribution in [1.29, 1.82) is 0 Å². The van der Waals surface area contributed by atoms with Crippen LogP contribution in [0.15, 0.2) is 0 Å². The third kappa shape index (κ3) is 3.69. The zero-order valence-electron chi connectivity index (χ0n) is 13.1. The smallest absolute Gasteiger partial charge is 0.147 e. The highest BCUT2D eigenvalue weighted by Crippen LogP contribution is 2.27. The van der Waals surface area contributed by atoms with Gasteiger partial charge in [0.25, 0.3) is 0 Å². The highest BCUT2D eigenvalue weighted by molar-refractivity contribution is 5.01. The summed E-state index contributed by atoms with van der Waals surface area (Å²) < 4.78 is 0. The summed E-state index contributed by atoms with van der Waals surface area (Å²) in [6.07, 6.45) is 1.88. The van der Waals surface area contributed by atoms with Crippen molar-refractivity contribution in [3.05, 3.63) is 0 Å². The fourth-order valence-electron chi connectivity index (χ4n) is 2.67. The van der Waals surface area contributed by atoms with Crippen LogP contribution in [0.1, 0.15) is 40.0 Å². The number of nitrogens with two attached hydrogens (primary N) is 1. The molecule has 0 aromatic rings. The molecule has 1 aliphatic rings. The topological polar surface area (TPSA) is 102 Å². The molecule has 0 bridgehead atoms. The van der Waals surface area contributed by atoms with Crippen LogP contribution in [0, 0.1) is 5.92 Å². The Morgan fingerprint density at radius 2 is 2.00 bits per heavy atom. The minimum atomic E-state index is -1.54. The molecule has 6 heteroatoms. The third-order valence-corrected chi connectivity index (χ3v) is 4.43. The molecule has 6 nitrogen and oxygen atoms in total. The van der Waals surface area contributed by atoms with E-state index < -0.39 is 24.0 Å². The monoisotopic (exact) mass is 289 g/mol. The lowest BCUT2D eigenvalue weighted by atomic mass is 9.82. The summed E-state index contributed by atoms with van der Waals surface area (Å²) in [6.45, 7) is 5.75. The number of nitrogens with zero attached hydrogens (tertiary/aromatic N) is 1. The molecule has 1 saturated heterocycles. The second-order valence-electron chi connectivity index (χ2n) is 6.68. The Bertz CT molecular complexity index is 312. The summed E-state index contributed by atoms with van der Waals surface area (Å²) in [5.74, 6) is -0.248. The summed E-state index contributed by atoms with van der Waals surface area (Å²) in [7, 11) is 2.00. The van der Waals surface area contributed by atoms with E-state index in [-0.39, 0.29) is 12.1 Å². The minimum absolute atomic E-state index is 0.000271. The maximum absolute atomic E-state index is 10.9. The van der Waals surface area contributed by atoms with Crippen molar-refractivity contribution >= 4 is 0 Å². The average molecular weight is 289 g/mol. The molecule has 0 aromatic carbocycles. The predicted octanol–water partition coefficient (Wildman–Crippen LogP) is -0.567. The molecule has 1 fully saturated rings. The molecule has 4 atom stereocenters. The Morgan fingerprint density at radius 3 is 2.45 bits per heavy atom. The molecule has 20 heavy (non-hydrogen) atoms. The van der Waals surface area contributed by atoms with Gasteiger partial charge in [-0.3, -0.25) is 10.2 Å². The Balaban J connectivity index is 2.91. The molecule has 120 valence electrons. The number of rotatable bonds is 6. The molecule has 0 aromatic heterocycles. The molecule has 1 aliphatic heterocycles. The van der Waals surface area contributed by atoms with Gasteiger partial charge in [0.05, 0.1) is 18.3 Å². The highest BCUT2D eigenvalue weighted by Gasteiger charge is 2.48. The molecule has 0 amide bonds. The number of piperidine rings is 1. The van der Waals surface area contributed by atoms with Crippen LogP contribution in [0.5, 0.6) is 0 Å². The van der Waals surface area contributed by atoms with Gasteiger partial charge in [-0.25, -0.2) is 0 Å². The van der Waals surface area contributed by atoms with E-state index in [9.17, 15) is 15.3 Å². The third-order valence-electron chi connectivity index (χ3n) is 4.43. The van der Waals surface area contributed by atoms with Gasteiger partial charge < -0.3 is 21.1 Å². The van der Waals surface area contributed by atoms with E-state index in [0.717, 1.165) is 25.8 Å². The highest BCUT2D eigenvalue weighted by atomic mass is 16.4. The van der Waals surface area contributed by atoms with Crippen LogP contribution in [-0.4, -0.2) is 64.0 Å². The van der Waals surface area contributed by atoms with Crippen LogP contribution in [-0.2, 0) is 0 Å². The van der Waals surface area contributed by atoms with E-state index in [1.807, 2.05) is 20.9 Å². The second kappa shape index (κ2) is 6.68. The lowest BCUT2D eigenvalue weighted by Gasteiger charge is -2.47. The molecular weight excluding hydrogens is 258 g/mol. The Kier molecular flexibility index (Phi) is 5.95. The van der Waals surface area contributed by atoms with E-state index in [4.69, 9.17) is 5.73 Å². The van der Waals surface area contributed by atoms with Crippen molar-refractivity contribution in [2.24, 2.45) is 11.7 Å². The van der Waals surface area contributed by atoms with Gasteiger partial charge in [0, 0.05) is 0 Å². The Morgan fingerprint density at radius 1 is 1.40 bits per heavy atom. The summed E-state index contributed by atoms with van der Waals surface area (Å²) in [4.78, 5) is 2.14. The predicted molar refractivity (Wildman–Crippen MR) is 78.9 cm³/mol. The molecule has 1 heterocycles. The van der Waals surface area contributed by atoms with E-state index in [1.54, 1.807) is 0 Å². The summed E-state index contributed by atoms with van der Waals surface area (Å²) >= 11 is 0. The van der Waals surface area contributed by atoms with Crippen LogP contribution in [0.25, 0.3) is 0 Å². The number of aliphatic hydroxyl groups excluding tert-OH is 2. The van der Waals surface area contributed by atoms with Gasteiger partial charge in [-0.1, -0.05) is 13.8 Å². The zero-order chi connectivity index (χ0) is 15.6. The van der Waals surface area contributed by atoms with E-state index in [1.165, 1.54) is 6.92 Å². The number of aliphatic hydroxyl groups is 3. The van der Waals surface area contributed by atoms with Gasteiger partial charge >= 0.3 is 0 Å². The van der Waals surface area contributed by atoms with Crippen LogP contribution in [0.4, 0.5) is 0 Å². The van der Waals surface area contributed by atoms with E-state index >= 15 is 0 Å². The standard InChI is InChI=1S/C14H31N3O3/c1-10(2)14(20,12(19)13(3,15)9-18)16-11-7-5-6-8-17(11)4/h10-12,16,18-20H,5-9,15H2,1-4H3. The van der Waals surface area contributed by atoms with E-state index in [0.29, 0.717) is 0 Å². The van der Waals surface area contributed by atoms with Gasteiger partial charge in [0.1, 0.15) is 11.8 Å². The van der Waals surface area contributed by atoms with Crippen molar-refractivity contribution in [2.75, 3.05) is 20.2 Å². The summed E-state index contributed by atoms with van der Waals surface area (Å²) in [6, 6.07) is 0. The molecule has 0 spiro atoms. The maximum atomic E-state index is 10.9. The second-order valence-corrected chi connectivity index (χ2v) is 6.68. The summed E-state index contributed by atoms with van der Waals surface area (Å²) in [5, 5.41) is 33.9. The number of likely N-dealkylation sites (tertiary alicyclic amines) is 1. The lowest BCUT2D eigenvalue weighted by molar-refractivity contribution is -0.172. The van der Waals surface area contributed by atoms with Gasteiger partial charge in [-0.05, 0) is 45.7 Å². The fourth-order valence-corrected chi connectivity index (χ4v) is 2.67. The first-order valence-electron chi connectivity index (χ1n) is 7.43.